The summed E-state index contributed by atoms with van der Waals surface area (Å²) < 4.78 is 5.85. The molecule has 1 saturated heterocycles. The van der Waals surface area contributed by atoms with Crippen molar-refractivity contribution in [3.63, 3.8) is 0 Å². The Morgan fingerprint density at radius 2 is 1.77 bits per heavy atom. The Labute approximate surface area is 151 Å². The Balaban J connectivity index is 0.00000242. The van der Waals surface area contributed by atoms with Crippen LogP contribution in [0.1, 0.15) is 38.2 Å². The van der Waals surface area contributed by atoms with Crippen molar-refractivity contribution < 1.29 is 4.74 Å². The van der Waals surface area contributed by atoms with E-state index < -0.39 is 0 Å². The SMILES string of the molecule is Cc1ccc(OC(C)CN=C(N)N2CCCCCC2)cc1.I. The minimum Gasteiger partial charge on any atom is -0.489 e. The number of likely N-dealkylation sites (tertiary alicyclic amines) is 1. The zero-order chi connectivity index (χ0) is 15.1. The lowest BCUT2D eigenvalue weighted by Gasteiger charge is -2.21. The number of rotatable bonds is 4. The quantitative estimate of drug-likeness (QED) is 0.463. The summed E-state index contributed by atoms with van der Waals surface area (Å²) in [6, 6.07) is 8.09. The van der Waals surface area contributed by atoms with Crippen LogP contribution in [0.25, 0.3) is 0 Å². The highest BCUT2D eigenvalue weighted by atomic mass is 127. The Kier molecular flexibility index (Phi) is 8.60. The van der Waals surface area contributed by atoms with Gasteiger partial charge in [0.1, 0.15) is 11.9 Å². The van der Waals surface area contributed by atoms with Crippen molar-refractivity contribution in [1.29, 1.82) is 0 Å². The number of aryl methyl sites for hydroxylation is 1. The van der Waals surface area contributed by atoms with Crippen LogP contribution in [0.3, 0.4) is 0 Å². The monoisotopic (exact) mass is 417 g/mol. The van der Waals surface area contributed by atoms with Crippen molar-refractivity contribution in [2.24, 2.45) is 10.7 Å². The van der Waals surface area contributed by atoms with Crippen LogP contribution in [-0.2, 0) is 0 Å². The van der Waals surface area contributed by atoms with Crippen molar-refractivity contribution >= 4 is 29.9 Å². The zero-order valence-electron chi connectivity index (χ0n) is 13.6. The molecule has 1 atom stereocenters. The molecule has 1 fully saturated rings. The first-order valence-electron chi connectivity index (χ1n) is 7.93. The van der Waals surface area contributed by atoms with Gasteiger partial charge in [0.15, 0.2) is 5.96 Å². The van der Waals surface area contributed by atoms with E-state index in [-0.39, 0.29) is 30.1 Å². The molecule has 0 radical (unpaired) electrons. The van der Waals surface area contributed by atoms with Gasteiger partial charge in [0.2, 0.25) is 0 Å². The standard InChI is InChI=1S/C17H27N3O.HI/c1-14-7-9-16(10-8-14)21-15(2)13-19-17(18)20-11-5-3-4-6-12-20;/h7-10,15H,3-6,11-13H2,1-2H3,(H2,18,19);1H. The van der Waals surface area contributed by atoms with Crippen LogP contribution in [-0.4, -0.2) is 36.6 Å². The minimum atomic E-state index is 0. The molecule has 5 heteroatoms. The molecule has 4 nitrogen and oxygen atoms in total. The van der Waals surface area contributed by atoms with Crippen LogP contribution in [0.15, 0.2) is 29.3 Å². The highest BCUT2D eigenvalue weighted by Gasteiger charge is 2.11. The van der Waals surface area contributed by atoms with Gasteiger partial charge in [-0.05, 0) is 38.8 Å². The summed E-state index contributed by atoms with van der Waals surface area (Å²) in [5.74, 6) is 1.55. The van der Waals surface area contributed by atoms with Crippen LogP contribution >= 0.6 is 24.0 Å². The molecule has 0 amide bonds. The second kappa shape index (κ2) is 9.92. The molecule has 0 aliphatic carbocycles. The summed E-state index contributed by atoms with van der Waals surface area (Å²) >= 11 is 0. The summed E-state index contributed by atoms with van der Waals surface area (Å²) in [5, 5.41) is 0. The third kappa shape index (κ3) is 6.42. The smallest absolute Gasteiger partial charge is 0.191 e. The van der Waals surface area contributed by atoms with Gasteiger partial charge in [-0.1, -0.05) is 30.5 Å². The molecule has 1 aromatic carbocycles. The molecule has 0 saturated carbocycles. The normalized spacial score (nSPS) is 17.4. The van der Waals surface area contributed by atoms with Gasteiger partial charge in [0.05, 0.1) is 6.54 Å². The number of halogens is 1. The van der Waals surface area contributed by atoms with E-state index in [1.807, 2.05) is 19.1 Å². The van der Waals surface area contributed by atoms with Crippen LogP contribution < -0.4 is 10.5 Å². The fourth-order valence-electron chi connectivity index (χ4n) is 2.51. The zero-order valence-corrected chi connectivity index (χ0v) is 16.0. The molecule has 1 unspecified atom stereocenters. The van der Waals surface area contributed by atoms with Gasteiger partial charge in [-0.2, -0.15) is 0 Å². The highest BCUT2D eigenvalue weighted by molar-refractivity contribution is 14.0. The highest BCUT2D eigenvalue weighted by Crippen LogP contribution is 2.13. The molecule has 124 valence electrons. The summed E-state index contributed by atoms with van der Waals surface area (Å²) in [7, 11) is 0. The van der Waals surface area contributed by atoms with Crippen molar-refractivity contribution in [3.8, 4) is 5.75 Å². The van der Waals surface area contributed by atoms with E-state index in [0.29, 0.717) is 12.5 Å². The first kappa shape index (κ1) is 19.1. The number of aliphatic imine (C=N–C) groups is 1. The van der Waals surface area contributed by atoms with Gasteiger partial charge in [-0.25, -0.2) is 4.99 Å². The van der Waals surface area contributed by atoms with Gasteiger partial charge < -0.3 is 15.4 Å². The average molecular weight is 417 g/mol. The number of guanidine groups is 1. The molecule has 1 aromatic rings. The van der Waals surface area contributed by atoms with E-state index in [9.17, 15) is 0 Å². The third-order valence-electron chi connectivity index (χ3n) is 3.80. The predicted octanol–water partition coefficient (Wildman–Crippen LogP) is 3.57. The topological polar surface area (TPSA) is 50.9 Å². The van der Waals surface area contributed by atoms with Gasteiger partial charge >= 0.3 is 0 Å². The fraction of sp³-hybridized carbons (Fsp3) is 0.588. The van der Waals surface area contributed by atoms with Crippen LogP contribution in [0.2, 0.25) is 0 Å². The Morgan fingerprint density at radius 1 is 1.18 bits per heavy atom. The first-order chi connectivity index (χ1) is 10.1. The van der Waals surface area contributed by atoms with E-state index in [2.05, 4.69) is 28.9 Å². The first-order valence-corrected chi connectivity index (χ1v) is 7.93. The molecule has 0 spiro atoms. The number of benzene rings is 1. The molecule has 22 heavy (non-hydrogen) atoms. The molecular formula is C17H28IN3O. The molecule has 1 aliphatic rings. The second-order valence-electron chi connectivity index (χ2n) is 5.84. The Morgan fingerprint density at radius 3 is 2.36 bits per heavy atom. The van der Waals surface area contributed by atoms with Gasteiger partial charge in [0, 0.05) is 13.1 Å². The van der Waals surface area contributed by atoms with Crippen LogP contribution in [0.4, 0.5) is 0 Å². The molecule has 2 N–H and O–H groups in total. The maximum atomic E-state index is 6.10. The molecular weight excluding hydrogens is 389 g/mol. The van der Waals surface area contributed by atoms with Crippen molar-refractivity contribution in [3.05, 3.63) is 29.8 Å². The lowest BCUT2D eigenvalue weighted by molar-refractivity contribution is 0.229. The Hall–Kier alpha value is -0.980. The average Bonchev–Trinajstić information content (AvgIpc) is 2.76. The van der Waals surface area contributed by atoms with Crippen molar-refractivity contribution in [2.45, 2.75) is 45.6 Å². The lowest BCUT2D eigenvalue weighted by Crippen LogP contribution is -2.38. The van der Waals surface area contributed by atoms with E-state index in [0.717, 1.165) is 18.8 Å². The van der Waals surface area contributed by atoms with E-state index in [1.54, 1.807) is 0 Å². The minimum absolute atomic E-state index is 0. The molecule has 1 heterocycles. The third-order valence-corrected chi connectivity index (χ3v) is 3.80. The molecule has 0 aromatic heterocycles. The summed E-state index contributed by atoms with van der Waals surface area (Å²) in [6.07, 6.45) is 5.06. The maximum absolute atomic E-state index is 6.10. The predicted molar refractivity (Wildman–Crippen MR) is 103 cm³/mol. The van der Waals surface area contributed by atoms with Crippen molar-refractivity contribution in [1.82, 2.24) is 4.90 Å². The summed E-state index contributed by atoms with van der Waals surface area (Å²) in [6.45, 7) is 6.75. The second-order valence-corrected chi connectivity index (χ2v) is 5.84. The summed E-state index contributed by atoms with van der Waals surface area (Å²) in [5.41, 5.74) is 7.33. The van der Waals surface area contributed by atoms with E-state index >= 15 is 0 Å². The number of nitrogens with two attached hydrogens (primary N) is 1. The van der Waals surface area contributed by atoms with Crippen LogP contribution in [0.5, 0.6) is 5.75 Å². The van der Waals surface area contributed by atoms with Gasteiger partial charge in [-0.15, -0.1) is 24.0 Å². The molecule has 1 aliphatic heterocycles. The lowest BCUT2D eigenvalue weighted by atomic mass is 10.2. The van der Waals surface area contributed by atoms with E-state index in [1.165, 1.54) is 31.2 Å². The number of ether oxygens (including phenoxy) is 1. The summed E-state index contributed by atoms with van der Waals surface area (Å²) in [4.78, 5) is 6.70. The fourth-order valence-corrected chi connectivity index (χ4v) is 2.51. The number of hydrogen-bond donors (Lipinski definition) is 1. The molecule has 0 bridgehead atoms. The number of nitrogens with zero attached hydrogens (tertiary/aromatic N) is 2. The van der Waals surface area contributed by atoms with Gasteiger partial charge in [0.25, 0.3) is 0 Å². The van der Waals surface area contributed by atoms with Gasteiger partial charge in [-0.3, -0.25) is 0 Å². The largest absolute Gasteiger partial charge is 0.489 e. The Bertz CT molecular complexity index is 453. The van der Waals surface area contributed by atoms with E-state index in [4.69, 9.17) is 10.5 Å². The van der Waals surface area contributed by atoms with Crippen LogP contribution in [0, 0.1) is 6.92 Å². The van der Waals surface area contributed by atoms with Crippen molar-refractivity contribution in [2.75, 3.05) is 19.6 Å². The number of hydrogen-bond acceptors (Lipinski definition) is 2. The maximum Gasteiger partial charge on any atom is 0.191 e. The molecule has 2 rings (SSSR count).